The molecule has 3 rings (SSSR count). The summed E-state index contributed by atoms with van der Waals surface area (Å²) in [4.78, 5) is 16.3. The summed E-state index contributed by atoms with van der Waals surface area (Å²) in [6.45, 7) is 0.241. The fraction of sp³-hybridized carbons (Fsp3) is 0.100. The molecule has 26 heavy (non-hydrogen) atoms. The molecule has 0 aliphatic rings. The predicted molar refractivity (Wildman–Crippen MR) is 102 cm³/mol. The number of aromatic nitrogens is 1. The molecule has 3 aromatic rings. The molecule has 0 saturated carbocycles. The lowest BCUT2D eigenvalue weighted by Gasteiger charge is -2.10. The van der Waals surface area contributed by atoms with Crippen LogP contribution in [0.1, 0.15) is 21.5 Å². The highest BCUT2D eigenvalue weighted by Crippen LogP contribution is 2.18. The van der Waals surface area contributed by atoms with Crippen molar-refractivity contribution in [1.29, 1.82) is 0 Å². The van der Waals surface area contributed by atoms with E-state index in [0.29, 0.717) is 27.7 Å². The second-order valence-corrected chi connectivity index (χ2v) is 6.26. The van der Waals surface area contributed by atoms with Crippen molar-refractivity contribution in [2.24, 2.45) is 0 Å². The van der Waals surface area contributed by atoms with E-state index < -0.39 is 0 Å². The Morgan fingerprint density at radius 3 is 2.65 bits per heavy atom. The molecule has 2 aromatic carbocycles. The number of halogens is 2. The van der Waals surface area contributed by atoms with E-state index in [-0.39, 0.29) is 24.6 Å². The standard InChI is InChI=1S/C20H17ClFN3O/c21-16-6-4-14(5-7-16)19(26)11-13-3-8-17(22)15(10-13)12-25-18-2-1-9-24-20(18)23/h1-10,25H,11-12H2,(H2,23,24). The van der Waals surface area contributed by atoms with Gasteiger partial charge in [0.05, 0.1) is 5.69 Å². The van der Waals surface area contributed by atoms with Gasteiger partial charge in [-0.05, 0) is 48.0 Å². The zero-order valence-corrected chi connectivity index (χ0v) is 14.6. The number of pyridine rings is 1. The molecule has 4 nitrogen and oxygen atoms in total. The lowest BCUT2D eigenvalue weighted by Crippen LogP contribution is -2.07. The maximum atomic E-state index is 14.1. The van der Waals surface area contributed by atoms with E-state index in [9.17, 15) is 9.18 Å². The molecule has 0 aliphatic heterocycles. The Labute approximate surface area is 155 Å². The maximum absolute atomic E-state index is 14.1. The Morgan fingerprint density at radius 2 is 1.92 bits per heavy atom. The number of ketones is 1. The van der Waals surface area contributed by atoms with Gasteiger partial charge in [-0.3, -0.25) is 4.79 Å². The van der Waals surface area contributed by atoms with Gasteiger partial charge in [0.1, 0.15) is 11.6 Å². The number of hydrogen-bond donors (Lipinski definition) is 2. The van der Waals surface area contributed by atoms with Crippen molar-refractivity contribution < 1.29 is 9.18 Å². The van der Waals surface area contributed by atoms with Crippen molar-refractivity contribution >= 4 is 28.9 Å². The molecule has 132 valence electrons. The van der Waals surface area contributed by atoms with Gasteiger partial charge in [0.2, 0.25) is 0 Å². The van der Waals surface area contributed by atoms with E-state index >= 15 is 0 Å². The van der Waals surface area contributed by atoms with Crippen molar-refractivity contribution in [3.05, 3.63) is 88.3 Å². The third-order valence-corrected chi connectivity index (χ3v) is 4.20. The van der Waals surface area contributed by atoms with E-state index in [4.69, 9.17) is 17.3 Å². The third kappa shape index (κ3) is 4.37. The van der Waals surface area contributed by atoms with Crippen LogP contribution in [0.15, 0.2) is 60.8 Å². The van der Waals surface area contributed by atoms with Crippen molar-refractivity contribution in [3.8, 4) is 0 Å². The number of nitrogens with one attached hydrogen (secondary N) is 1. The molecule has 1 aromatic heterocycles. The topological polar surface area (TPSA) is 68.0 Å². The van der Waals surface area contributed by atoms with Gasteiger partial charge in [0.25, 0.3) is 0 Å². The van der Waals surface area contributed by atoms with Crippen LogP contribution in [0.2, 0.25) is 5.02 Å². The van der Waals surface area contributed by atoms with Crippen LogP contribution in [-0.4, -0.2) is 10.8 Å². The van der Waals surface area contributed by atoms with Crippen molar-refractivity contribution in [2.45, 2.75) is 13.0 Å². The second-order valence-electron chi connectivity index (χ2n) is 5.82. The summed E-state index contributed by atoms with van der Waals surface area (Å²) in [6, 6.07) is 14.9. The van der Waals surface area contributed by atoms with E-state index in [1.54, 1.807) is 54.7 Å². The van der Waals surface area contributed by atoms with Gasteiger partial charge in [-0.25, -0.2) is 9.37 Å². The highest BCUT2D eigenvalue weighted by atomic mass is 35.5. The number of benzene rings is 2. The van der Waals surface area contributed by atoms with Crippen LogP contribution in [0.25, 0.3) is 0 Å². The highest BCUT2D eigenvalue weighted by molar-refractivity contribution is 6.30. The average Bonchev–Trinajstić information content (AvgIpc) is 2.64. The number of nitrogens with zero attached hydrogens (tertiary/aromatic N) is 1. The van der Waals surface area contributed by atoms with Crippen LogP contribution < -0.4 is 11.1 Å². The molecule has 0 unspecified atom stereocenters. The minimum Gasteiger partial charge on any atom is -0.382 e. The Kier molecular flexibility index (Phi) is 5.49. The van der Waals surface area contributed by atoms with Crippen LogP contribution in [0.5, 0.6) is 0 Å². The molecular formula is C20H17ClFN3O. The Morgan fingerprint density at radius 1 is 1.15 bits per heavy atom. The van der Waals surface area contributed by atoms with Gasteiger partial charge in [0, 0.05) is 35.3 Å². The number of nitrogens with two attached hydrogens (primary N) is 1. The van der Waals surface area contributed by atoms with Crippen LogP contribution in [0.4, 0.5) is 15.9 Å². The molecule has 0 radical (unpaired) electrons. The number of Topliss-reactive ketones (excluding diaryl/α,β-unsaturated/α-hetero) is 1. The van der Waals surface area contributed by atoms with Crippen LogP contribution in [0.3, 0.4) is 0 Å². The summed E-state index contributed by atoms with van der Waals surface area (Å²) >= 11 is 5.84. The summed E-state index contributed by atoms with van der Waals surface area (Å²) in [5, 5.41) is 3.64. The largest absolute Gasteiger partial charge is 0.382 e. The minimum absolute atomic E-state index is 0.0521. The number of rotatable bonds is 6. The number of nitrogen functional groups attached to an aromatic ring is 1. The molecule has 0 amide bonds. The molecule has 0 spiro atoms. The monoisotopic (exact) mass is 369 g/mol. The number of anilines is 2. The average molecular weight is 370 g/mol. The number of carbonyl (C=O) groups excluding carboxylic acids is 1. The number of hydrogen-bond acceptors (Lipinski definition) is 4. The molecule has 3 N–H and O–H groups in total. The maximum Gasteiger partial charge on any atom is 0.167 e. The molecular weight excluding hydrogens is 353 g/mol. The van der Waals surface area contributed by atoms with E-state index in [1.807, 2.05) is 0 Å². The Bertz CT molecular complexity index is 929. The zero-order valence-electron chi connectivity index (χ0n) is 13.9. The second kappa shape index (κ2) is 7.97. The summed E-state index contributed by atoms with van der Waals surface area (Å²) in [6.07, 6.45) is 1.77. The van der Waals surface area contributed by atoms with Crippen LogP contribution in [-0.2, 0) is 13.0 Å². The zero-order chi connectivity index (χ0) is 18.5. The van der Waals surface area contributed by atoms with Crippen LogP contribution >= 0.6 is 11.6 Å². The molecule has 6 heteroatoms. The number of carbonyl (C=O) groups is 1. The summed E-state index contributed by atoms with van der Waals surface area (Å²) < 4.78 is 14.1. The van der Waals surface area contributed by atoms with Crippen LogP contribution in [0, 0.1) is 5.82 Å². The quantitative estimate of drug-likeness (QED) is 0.628. The first-order valence-electron chi connectivity index (χ1n) is 8.03. The van der Waals surface area contributed by atoms with Gasteiger partial charge >= 0.3 is 0 Å². The van der Waals surface area contributed by atoms with Gasteiger partial charge in [-0.15, -0.1) is 0 Å². The molecule has 1 heterocycles. The first-order valence-corrected chi connectivity index (χ1v) is 8.41. The third-order valence-electron chi connectivity index (χ3n) is 3.95. The van der Waals surface area contributed by atoms with Gasteiger partial charge < -0.3 is 11.1 Å². The van der Waals surface area contributed by atoms with Gasteiger partial charge in [0.15, 0.2) is 5.78 Å². The fourth-order valence-electron chi connectivity index (χ4n) is 2.55. The molecule has 0 bridgehead atoms. The SMILES string of the molecule is Nc1ncccc1NCc1cc(CC(=O)c2ccc(Cl)cc2)ccc1F. The van der Waals surface area contributed by atoms with E-state index in [0.717, 1.165) is 5.56 Å². The van der Waals surface area contributed by atoms with Crippen molar-refractivity contribution in [2.75, 3.05) is 11.1 Å². The fourth-order valence-corrected chi connectivity index (χ4v) is 2.68. The lowest BCUT2D eigenvalue weighted by molar-refractivity contribution is 0.0993. The highest BCUT2D eigenvalue weighted by Gasteiger charge is 2.10. The Hall–Kier alpha value is -2.92. The first kappa shape index (κ1) is 17.9. The Balaban J connectivity index is 1.72. The minimum atomic E-state index is -0.345. The normalized spacial score (nSPS) is 10.5. The molecule has 0 atom stereocenters. The first-order chi connectivity index (χ1) is 12.5. The summed E-state index contributed by atoms with van der Waals surface area (Å²) in [5.41, 5.74) is 8.17. The van der Waals surface area contributed by atoms with Crippen molar-refractivity contribution in [1.82, 2.24) is 4.98 Å². The predicted octanol–water partition coefficient (Wildman–Crippen LogP) is 4.49. The van der Waals surface area contributed by atoms with E-state index in [2.05, 4.69) is 10.3 Å². The van der Waals surface area contributed by atoms with Gasteiger partial charge in [-0.1, -0.05) is 23.7 Å². The molecule has 0 fully saturated rings. The van der Waals surface area contributed by atoms with Gasteiger partial charge in [-0.2, -0.15) is 0 Å². The van der Waals surface area contributed by atoms with Crippen molar-refractivity contribution in [3.63, 3.8) is 0 Å². The summed E-state index contributed by atoms with van der Waals surface area (Å²) in [7, 11) is 0. The molecule has 0 saturated heterocycles. The smallest absolute Gasteiger partial charge is 0.167 e. The lowest BCUT2D eigenvalue weighted by atomic mass is 10.0. The summed E-state index contributed by atoms with van der Waals surface area (Å²) in [5.74, 6) is -0.0479. The molecule has 0 aliphatic carbocycles. The van der Waals surface area contributed by atoms with E-state index in [1.165, 1.54) is 6.07 Å².